The number of nitrogens with two attached hydrogens (primary N) is 1. The molecule has 5 nitrogen and oxygen atoms in total. The van der Waals surface area contributed by atoms with Gasteiger partial charge in [-0.05, 0) is 24.8 Å². The zero-order valence-corrected chi connectivity index (χ0v) is 10.9. The van der Waals surface area contributed by atoms with Crippen LogP contribution in [0.4, 0.5) is 0 Å². The zero-order chi connectivity index (χ0) is 13.4. The summed E-state index contributed by atoms with van der Waals surface area (Å²) in [6, 6.07) is 0. The predicted octanol–water partition coefficient (Wildman–Crippen LogP) is 0.834. The molecule has 0 aromatic carbocycles. The maximum Gasteiger partial charge on any atom is 0.308 e. The summed E-state index contributed by atoms with van der Waals surface area (Å²) in [6.45, 7) is 6.41. The molecule has 0 fully saturated rings. The molecule has 5 heteroatoms. The highest BCUT2D eigenvalue weighted by molar-refractivity contribution is 5.77. The lowest BCUT2D eigenvalue weighted by molar-refractivity contribution is -0.141. The summed E-state index contributed by atoms with van der Waals surface area (Å²) in [7, 11) is 0. The number of carboxylic acids is 1. The average Bonchev–Trinajstić information content (AvgIpc) is 2.23. The molecule has 0 heterocycles. The fraction of sp³-hybridized carbons (Fsp3) is 0.833. The third-order valence-electron chi connectivity index (χ3n) is 2.64. The molecule has 0 aromatic rings. The Bertz CT molecular complexity index is 254. The van der Waals surface area contributed by atoms with Gasteiger partial charge >= 0.3 is 5.97 Å². The second-order valence-corrected chi connectivity index (χ2v) is 4.98. The average molecular weight is 244 g/mol. The molecule has 0 aliphatic heterocycles. The van der Waals surface area contributed by atoms with Gasteiger partial charge < -0.3 is 16.2 Å². The van der Waals surface area contributed by atoms with E-state index in [9.17, 15) is 9.59 Å². The van der Waals surface area contributed by atoms with Crippen molar-refractivity contribution in [3.05, 3.63) is 0 Å². The molecule has 0 saturated heterocycles. The van der Waals surface area contributed by atoms with Gasteiger partial charge in [0, 0.05) is 13.0 Å². The Balaban J connectivity index is 3.94. The molecule has 0 aliphatic carbocycles. The van der Waals surface area contributed by atoms with Crippen molar-refractivity contribution in [3.63, 3.8) is 0 Å². The number of nitrogens with one attached hydrogen (secondary N) is 1. The fourth-order valence-corrected chi connectivity index (χ4v) is 1.62. The van der Waals surface area contributed by atoms with E-state index >= 15 is 0 Å². The Labute approximate surface area is 103 Å². The van der Waals surface area contributed by atoms with E-state index in [2.05, 4.69) is 19.2 Å². The van der Waals surface area contributed by atoms with Crippen LogP contribution in [0.25, 0.3) is 0 Å². The smallest absolute Gasteiger partial charge is 0.308 e. The molecule has 0 saturated carbocycles. The second-order valence-electron chi connectivity index (χ2n) is 4.98. The first-order valence-corrected chi connectivity index (χ1v) is 6.06. The van der Waals surface area contributed by atoms with E-state index in [-0.39, 0.29) is 18.4 Å². The topological polar surface area (TPSA) is 92.4 Å². The molecule has 1 amide bonds. The molecular weight excluding hydrogens is 220 g/mol. The van der Waals surface area contributed by atoms with Crippen LogP contribution in [0.2, 0.25) is 0 Å². The van der Waals surface area contributed by atoms with Crippen LogP contribution in [-0.2, 0) is 9.59 Å². The van der Waals surface area contributed by atoms with Crippen LogP contribution in [0, 0.1) is 17.8 Å². The lowest BCUT2D eigenvalue weighted by Crippen LogP contribution is -2.33. The first-order valence-electron chi connectivity index (χ1n) is 6.06. The van der Waals surface area contributed by atoms with Crippen LogP contribution in [0.15, 0.2) is 0 Å². The Morgan fingerprint density at radius 2 is 1.88 bits per heavy atom. The minimum atomic E-state index is -0.900. The van der Waals surface area contributed by atoms with Crippen molar-refractivity contribution in [3.8, 4) is 0 Å². The highest BCUT2D eigenvalue weighted by Gasteiger charge is 2.16. The number of rotatable bonds is 8. The van der Waals surface area contributed by atoms with Gasteiger partial charge in [-0.25, -0.2) is 0 Å². The van der Waals surface area contributed by atoms with Crippen LogP contribution in [0.3, 0.4) is 0 Å². The third kappa shape index (κ3) is 7.74. The van der Waals surface area contributed by atoms with Gasteiger partial charge in [-0.2, -0.15) is 0 Å². The summed E-state index contributed by atoms with van der Waals surface area (Å²) >= 11 is 0. The summed E-state index contributed by atoms with van der Waals surface area (Å²) in [5, 5.41) is 11.3. The van der Waals surface area contributed by atoms with E-state index < -0.39 is 11.9 Å². The van der Waals surface area contributed by atoms with Gasteiger partial charge in [0.1, 0.15) is 0 Å². The molecule has 2 unspecified atom stereocenters. The van der Waals surface area contributed by atoms with Gasteiger partial charge in [0.15, 0.2) is 0 Å². The first-order chi connectivity index (χ1) is 7.86. The summed E-state index contributed by atoms with van der Waals surface area (Å²) in [5.41, 5.74) is 5.60. The highest BCUT2D eigenvalue weighted by Crippen LogP contribution is 2.13. The van der Waals surface area contributed by atoms with E-state index in [0.717, 1.165) is 6.42 Å². The molecule has 0 rings (SSSR count). The molecule has 2 atom stereocenters. The van der Waals surface area contributed by atoms with E-state index in [1.807, 2.05) is 0 Å². The number of carbonyl (C=O) groups is 2. The first kappa shape index (κ1) is 15.9. The monoisotopic (exact) mass is 244 g/mol. The number of amides is 1. The molecule has 0 radical (unpaired) electrons. The summed E-state index contributed by atoms with van der Waals surface area (Å²) in [4.78, 5) is 22.1. The van der Waals surface area contributed by atoms with Gasteiger partial charge in [0.05, 0.1) is 5.92 Å². The van der Waals surface area contributed by atoms with Crippen molar-refractivity contribution in [2.24, 2.45) is 23.5 Å². The molecule has 4 N–H and O–H groups in total. The summed E-state index contributed by atoms with van der Waals surface area (Å²) in [5.74, 6) is -0.887. The van der Waals surface area contributed by atoms with E-state index in [1.54, 1.807) is 6.92 Å². The van der Waals surface area contributed by atoms with Gasteiger partial charge in [0.2, 0.25) is 5.91 Å². The van der Waals surface area contributed by atoms with Crippen molar-refractivity contribution < 1.29 is 14.7 Å². The fourth-order valence-electron chi connectivity index (χ4n) is 1.62. The lowest BCUT2D eigenvalue weighted by atomic mass is 9.94. The van der Waals surface area contributed by atoms with Crippen LogP contribution < -0.4 is 11.1 Å². The quantitative estimate of drug-likeness (QED) is 0.589. The largest absolute Gasteiger partial charge is 0.481 e. The van der Waals surface area contributed by atoms with Crippen molar-refractivity contribution in [2.75, 3.05) is 13.1 Å². The summed E-state index contributed by atoms with van der Waals surface area (Å²) < 4.78 is 0. The van der Waals surface area contributed by atoms with Crippen LogP contribution in [0.1, 0.15) is 33.6 Å². The molecule has 17 heavy (non-hydrogen) atoms. The third-order valence-corrected chi connectivity index (χ3v) is 2.64. The maximum atomic E-state index is 11.6. The molecule has 0 aliphatic rings. The number of carbonyl (C=O) groups excluding carboxylic acids is 1. The molecule has 0 spiro atoms. The van der Waals surface area contributed by atoms with Crippen molar-refractivity contribution >= 4 is 11.9 Å². The van der Waals surface area contributed by atoms with Crippen molar-refractivity contribution in [1.29, 1.82) is 0 Å². The minimum Gasteiger partial charge on any atom is -0.481 e. The molecule has 0 aromatic heterocycles. The Hall–Kier alpha value is -1.10. The number of carboxylic acid groups (broad SMARTS) is 1. The highest BCUT2D eigenvalue weighted by atomic mass is 16.4. The van der Waals surface area contributed by atoms with Gasteiger partial charge in [-0.1, -0.05) is 20.8 Å². The molecule has 0 bridgehead atoms. The lowest BCUT2D eigenvalue weighted by Gasteiger charge is -2.17. The molecule has 100 valence electrons. The van der Waals surface area contributed by atoms with Crippen LogP contribution >= 0.6 is 0 Å². The van der Waals surface area contributed by atoms with E-state index in [0.29, 0.717) is 18.9 Å². The van der Waals surface area contributed by atoms with Gasteiger partial charge in [-0.3, -0.25) is 9.59 Å². The minimum absolute atomic E-state index is 0.116. The Kier molecular flexibility index (Phi) is 7.54. The van der Waals surface area contributed by atoms with E-state index in [4.69, 9.17) is 10.8 Å². The van der Waals surface area contributed by atoms with Crippen molar-refractivity contribution in [2.45, 2.75) is 33.6 Å². The number of aliphatic carboxylic acids is 1. The summed E-state index contributed by atoms with van der Waals surface area (Å²) in [6.07, 6.45) is 1.29. The number of hydrogen-bond acceptors (Lipinski definition) is 3. The SMILES string of the molecule is CC(C)CC(CN)CC(=O)NCC(C)C(=O)O. The van der Waals surface area contributed by atoms with Gasteiger partial charge in [-0.15, -0.1) is 0 Å². The van der Waals surface area contributed by atoms with Crippen molar-refractivity contribution in [1.82, 2.24) is 5.32 Å². The van der Waals surface area contributed by atoms with E-state index in [1.165, 1.54) is 0 Å². The number of hydrogen-bond donors (Lipinski definition) is 3. The Morgan fingerprint density at radius 1 is 1.29 bits per heavy atom. The zero-order valence-electron chi connectivity index (χ0n) is 10.9. The Morgan fingerprint density at radius 3 is 2.29 bits per heavy atom. The van der Waals surface area contributed by atoms with Gasteiger partial charge in [0.25, 0.3) is 0 Å². The van der Waals surface area contributed by atoms with Crippen LogP contribution in [-0.4, -0.2) is 30.1 Å². The maximum absolute atomic E-state index is 11.6. The predicted molar refractivity (Wildman–Crippen MR) is 66.4 cm³/mol. The standard InChI is InChI=1S/C12H24N2O3/c1-8(2)4-10(6-13)5-11(15)14-7-9(3)12(16)17/h8-10H,4-7,13H2,1-3H3,(H,14,15)(H,16,17). The normalized spacial score (nSPS) is 14.4. The second kappa shape index (κ2) is 8.06. The molecular formula is C12H24N2O3. The van der Waals surface area contributed by atoms with Crippen LogP contribution in [0.5, 0.6) is 0 Å².